The Kier molecular flexibility index (Phi) is 13.8. The van der Waals surface area contributed by atoms with Gasteiger partial charge in [-0.3, -0.25) is 9.59 Å². The molecule has 0 aliphatic heterocycles. The van der Waals surface area contributed by atoms with Gasteiger partial charge in [0.2, 0.25) is 11.8 Å². The van der Waals surface area contributed by atoms with Crippen molar-refractivity contribution in [3.05, 3.63) is 102 Å². The summed E-state index contributed by atoms with van der Waals surface area (Å²) in [6.07, 6.45) is 0.678. The van der Waals surface area contributed by atoms with Crippen LogP contribution in [-0.4, -0.2) is 63.7 Å². The van der Waals surface area contributed by atoms with Gasteiger partial charge < -0.3 is 30.1 Å². The maximum Gasteiger partial charge on any atom is 0.408 e. The number of nitrogens with one attached hydrogen (secondary N) is 2. The van der Waals surface area contributed by atoms with E-state index in [1.54, 1.807) is 59.7 Å². The van der Waals surface area contributed by atoms with Gasteiger partial charge in [0.1, 0.15) is 35.1 Å². The first-order valence-corrected chi connectivity index (χ1v) is 16.8. The van der Waals surface area contributed by atoms with Crippen LogP contribution in [0.25, 0.3) is 0 Å². The van der Waals surface area contributed by atoms with E-state index in [-0.39, 0.29) is 30.7 Å². The van der Waals surface area contributed by atoms with Crippen LogP contribution in [0.2, 0.25) is 0 Å². The highest BCUT2D eigenvalue weighted by atomic mass is 16.6. The third-order valence-electron chi connectivity index (χ3n) is 7.39. The summed E-state index contributed by atoms with van der Waals surface area (Å²) >= 11 is 0. The van der Waals surface area contributed by atoms with Crippen LogP contribution in [0, 0.1) is 0 Å². The zero-order valence-corrected chi connectivity index (χ0v) is 29.7. The van der Waals surface area contributed by atoms with Crippen molar-refractivity contribution < 1.29 is 33.8 Å². The number of alkyl carbamates (subject to hydrolysis) is 1. The van der Waals surface area contributed by atoms with Gasteiger partial charge in [0.25, 0.3) is 0 Å². The fourth-order valence-electron chi connectivity index (χ4n) is 5.23. The van der Waals surface area contributed by atoms with E-state index in [1.165, 1.54) is 11.0 Å². The zero-order valence-electron chi connectivity index (χ0n) is 29.7. The number of aromatic hydroxyl groups is 1. The van der Waals surface area contributed by atoms with E-state index >= 15 is 0 Å². The van der Waals surface area contributed by atoms with Gasteiger partial charge in [0.05, 0.1) is 0 Å². The predicted octanol–water partition coefficient (Wildman–Crippen LogP) is 6.27. The van der Waals surface area contributed by atoms with Gasteiger partial charge in [0.15, 0.2) is 0 Å². The van der Waals surface area contributed by atoms with Gasteiger partial charge >= 0.3 is 12.1 Å². The quantitative estimate of drug-likeness (QED) is 0.172. The van der Waals surface area contributed by atoms with Crippen molar-refractivity contribution in [2.75, 3.05) is 6.54 Å². The molecule has 0 radical (unpaired) electrons. The summed E-state index contributed by atoms with van der Waals surface area (Å²) in [6, 6.07) is 21.1. The summed E-state index contributed by atoms with van der Waals surface area (Å²) in [5, 5.41) is 16.7. The first-order chi connectivity index (χ1) is 23.1. The molecule has 3 N–H and O–H groups in total. The molecule has 3 aromatic rings. The Morgan fingerprint density at radius 1 is 0.714 bits per heavy atom. The van der Waals surface area contributed by atoms with E-state index in [4.69, 9.17) is 9.47 Å². The molecule has 3 unspecified atom stereocenters. The molecular formula is C39H51N3O7. The molecule has 3 atom stereocenters. The predicted molar refractivity (Wildman–Crippen MR) is 189 cm³/mol. The van der Waals surface area contributed by atoms with Crippen molar-refractivity contribution in [2.24, 2.45) is 0 Å². The van der Waals surface area contributed by atoms with E-state index in [9.17, 15) is 24.3 Å². The van der Waals surface area contributed by atoms with Crippen molar-refractivity contribution in [2.45, 2.75) is 103 Å². The molecule has 264 valence electrons. The Balaban J connectivity index is 2.10. The number of esters is 1. The van der Waals surface area contributed by atoms with Gasteiger partial charge in [-0.15, -0.1) is 0 Å². The van der Waals surface area contributed by atoms with Gasteiger partial charge in [-0.1, -0.05) is 92.2 Å². The summed E-state index contributed by atoms with van der Waals surface area (Å²) in [5.41, 5.74) is 0.0994. The maximum absolute atomic E-state index is 14.7. The average Bonchev–Trinajstić information content (AvgIpc) is 3.02. The minimum Gasteiger partial charge on any atom is -0.508 e. The number of phenolic OH excluding ortho intramolecular Hbond substituents is 1. The summed E-state index contributed by atoms with van der Waals surface area (Å²) in [4.78, 5) is 57.2. The van der Waals surface area contributed by atoms with Crippen LogP contribution >= 0.6 is 0 Å². The average molecular weight is 674 g/mol. The van der Waals surface area contributed by atoms with E-state index in [0.29, 0.717) is 12.8 Å². The Hall–Kier alpha value is -4.86. The first-order valence-electron chi connectivity index (χ1n) is 16.8. The molecule has 0 fully saturated rings. The van der Waals surface area contributed by atoms with Crippen molar-refractivity contribution in [1.82, 2.24) is 15.5 Å². The molecule has 3 rings (SSSR count). The number of carbonyl (C=O) groups is 4. The third-order valence-corrected chi connectivity index (χ3v) is 7.39. The van der Waals surface area contributed by atoms with E-state index in [2.05, 4.69) is 10.6 Å². The summed E-state index contributed by atoms with van der Waals surface area (Å²) in [7, 11) is 0. The van der Waals surface area contributed by atoms with E-state index < -0.39 is 53.2 Å². The van der Waals surface area contributed by atoms with Crippen molar-refractivity contribution >= 4 is 23.9 Å². The van der Waals surface area contributed by atoms with E-state index in [0.717, 1.165) is 11.1 Å². The second-order valence-electron chi connectivity index (χ2n) is 14.0. The number of ether oxygens (including phenoxy) is 2. The Morgan fingerprint density at radius 3 is 1.73 bits per heavy atom. The monoisotopic (exact) mass is 673 g/mol. The van der Waals surface area contributed by atoms with Gasteiger partial charge in [-0.2, -0.15) is 0 Å². The molecule has 49 heavy (non-hydrogen) atoms. The molecular weight excluding hydrogens is 622 g/mol. The Morgan fingerprint density at radius 2 is 1.22 bits per heavy atom. The number of hydrogen-bond donors (Lipinski definition) is 3. The highest BCUT2D eigenvalue weighted by Crippen LogP contribution is 2.31. The molecule has 0 bridgehead atoms. The molecule has 0 aliphatic carbocycles. The third kappa shape index (κ3) is 12.6. The molecule has 0 aliphatic rings. The first kappa shape index (κ1) is 38.6. The molecule has 0 aromatic heterocycles. The van der Waals surface area contributed by atoms with Crippen LogP contribution < -0.4 is 10.6 Å². The van der Waals surface area contributed by atoms with Crippen LogP contribution in [0.5, 0.6) is 5.75 Å². The minimum atomic E-state index is -1.36. The molecule has 3 amide bonds. The normalized spacial score (nSPS) is 13.4. The molecule has 0 saturated heterocycles. The van der Waals surface area contributed by atoms with Crippen LogP contribution in [0.1, 0.15) is 84.0 Å². The number of nitrogens with zero attached hydrogens (tertiary/aromatic N) is 1. The van der Waals surface area contributed by atoms with Gasteiger partial charge in [-0.05, 0) is 65.2 Å². The highest BCUT2D eigenvalue weighted by molar-refractivity contribution is 5.94. The molecule has 10 heteroatoms. The number of unbranched alkanes of at least 4 members (excludes halogenated alkanes) is 1. The SMILES string of the molecule is CCCCN(C(=O)C(Cc1ccccc1)NC(=O)OC(C)(C)C)C(C(=O)NC(Cc1ccccc1)C(=O)OC(C)(C)C)c1ccccc1O. The maximum atomic E-state index is 14.7. The Labute approximate surface area is 290 Å². The number of rotatable bonds is 14. The lowest BCUT2D eigenvalue weighted by atomic mass is 9.98. The molecule has 0 spiro atoms. The van der Waals surface area contributed by atoms with Gasteiger partial charge in [-0.25, -0.2) is 9.59 Å². The van der Waals surface area contributed by atoms with Crippen molar-refractivity contribution in [3.8, 4) is 5.75 Å². The second kappa shape index (κ2) is 17.5. The number of hydrogen-bond acceptors (Lipinski definition) is 7. The Bertz CT molecular complexity index is 1530. The molecule has 10 nitrogen and oxygen atoms in total. The fraction of sp³-hybridized carbons (Fsp3) is 0.436. The number of amides is 3. The molecule has 3 aromatic carbocycles. The number of carbonyl (C=O) groups excluding carboxylic acids is 4. The highest BCUT2D eigenvalue weighted by Gasteiger charge is 2.39. The minimum absolute atomic E-state index is 0.116. The standard InChI is InChI=1S/C39H51N3O7/c1-8-9-24-42(35(45)30(25-27-18-12-10-13-19-27)41-37(47)49-39(5,6)7)33(29-22-16-17-23-32(29)43)34(44)40-31(36(46)48-38(2,3)4)26-28-20-14-11-15-21-28/h10-23,30-31,33,43H,8-9,24-26H2,1-7H3,(H,40,44)(H,41,47). The van der Waals surface area contributed by atoms with Gasteiger partial charge in [0, 0.05) is 24.9 Å². The lowest BCUT2D eigenvalue weighted by Gasteiger charge is -2.35. The summed E-state index contributed by atoms with van der Waals surface area (Å²) in [6.45, 7) is 12.5. The smallest absolute Gasteiger partial charge is 0.408 e. The summed E-state index contributed by atoms with van der Waals surface area (Å²) in [5.74, 6) is -2.08. The molecule has 0 saturated carbocycles. The van der Waals surface area contributed by atoms with Crippen LogP contribution in [-0.2, 0) is 36.7 Å². The fourth-order valence-corrected chi connectivity index (χ4v) is 5.23. The van der Waals surface area contributed by atoms with Crippen LogP contribution in [0.15, 0.2) is 84.9 Å². The lowest BCUT2D eigenvalue weighted by molar-refractivity contribution is -0.159. The lowest BCUT2D eigenvalue weighted by Crippen LogP contribution is -2.55. The second-order valence-corrected chi connectivity index (χ2v) is 14.0. The topological polar surface area (TPSA) is 134 Å². The zero-order chi connectivity index (χ0) is 36.2. The number of benzene rings is 3. The van der Waals surface area contributed by atoms with Crippen LogP contribution in [0.3, 0.4) is 0 Å². The van der Waals surface area contributed by atoms with Crippen molar-refractivity contribution in [3.63, 3.8) is 0 Å². The number of para-hydroxylation sites is 1. The molecule has 0 heterocycles. The largest absolute Gasteiger partial charge is 0.508 e. The number of phenols is 1. The van der Waals surface area contributed by atoms with Crippen molar-refractivity contribution in [1.29, 1.82) is 0 Å². The van der Waals surface area contributed by atoms with E-state index in [1.807, 2.05) is 67.6 Å². The van der Waals surface area contributed by atoms with Crippen LogP contribution in [0.4, 0.5) is 4.79 Å². The summed E-state index contributed by atoms with van der Waals surface area (Å²) < 4.78 is 11.2.